The zero-order valence-corrected chi connectivity index (χ0v) is 9.04. The standard InChI is InChI=1S/C8H11NO5S/c1-5-3-4-7(14-5)15(12,13)9-6(2)8(10)11/h3-4,6,9H,1-2H3,(H,10,11)/t6-/m1/s1. The van der Waals surface area contributed by atoms with Crippen molar-refractivity contribution in [3.63, 3.8) is 0 Å². The molecule has 1 rings (SSSR count). The Balaban J connectivity index is 2.90. The van der Waals surface area contributed by atoms with Gasteiger partial charge in [0.1, 0.15) is 11.8 Å². The Labute approximate surface area is 87.0 Å². The molecule has 6 nitrogen and oxygen atoms in total. The van der Waals surface area contributed by atoms with E-state index in [0.29, 0.717) is 5.76 Å². The number of sulfonamides is 1. The maximum atomic E-state index is 11.5. The fourth-order valence-electron chi connectivity index (χ4n) is 0.898. The van der Waals surface area contributed by atoms with Gasteiger partial charge in [0.25, 0.3) is 10.0 Å². The molecular formula is C8H11NO5S. The highest BCUT2D eigenvalue weighted by molar-refractivity contribution is 7.89. The molecule has 0 unspecified atom stereocenters. The quantitative estimate of drug-likeness (QED) is 0.781. The molecule has 0 bridgehead atoms. The minimum atomic E-state index is -3.88. The van der Waals surface area contributed by atoms with E-state index in [1.807, 2.05) is 4.72 Å². The van der Waals surface area contributed by atoms with E-state index >= 15 is 0 Å². The predicted octanol–water partition coefficient (Wildman–Crippen LogP) is 0.339. The number of aliphatic carboxylic acids is 1. The Hall–Kier alpha value is -1.34. The largest absolute Gasteiger partial charge is 0.480 e. The molecule has 2 N–H and O–H groups in total. The summed E-state index contributed by atoms with van der Waals surface area (Å²) in [5, 5.41) is 8.26. The Morgan fingerprint density at radius 2 is 2.13 bits per heavy atom. The molecular weight excluding hydrogens is 222 g/mol. The molecule has 0 aliphatic heterocycles. The third-order valence-electron chi connectivity index (χ3n) is 1.68. The summed E-state index contributed by atoms with van der Waals surface area (Å²) < 4.78 is 29.8. The Morgan fingerprint density at radius 1 is 1.53 bits per heavy atom. The summed E-state index contributed by atoms with van der Waals surface area (Å²) >= 11 is 0. The van der Waals surface area contributed by atoms with Crippen molar-refractivity contribution >= 4 is 16.0 Å². The number of furan rings is 1. The van der Waals surface area contributed by atoms with Gasteiger partial charge < -0.3 is 9.52 Å². The zero-order valence-electron chi connectivity index (χ0n) is 8.22. The van der Waals surface area contributed by atoms with Crippen LogP contribution in [0, 0.1) is 6.92 Å². The molecule has 1 atom stereocenters. The summed E-state index contributed by atoms with van der Waals surface area (Å²) in [6.45, 7) is 2.83. The molecule has 0 aliphatic carbocycles. The molecule has 1 heterocycles. The number of rotatable bonds is 4. The van der Waals surface area contributed by atoms with Crippen LogP contribution in [0.4, 0.5) is 0 Å². The van der Waals surface area contributed by atoms with E-state index in [1.54, 1.807) is 6.92 Å². The molecule has 0 spiro atoms. The van der Waals surface area contributed by atoms with E-state index in [0.717, 1.165) is 0 Å². The van der Waals surface area contributed by atoms with E-state index in [-0.39, 0.29) is 5.09 Å². The first-order valence-corrected chi connectivity index (χ1v) is 5.63. The van der Waals surface area contributed by atoms with Gasteiger partial charge in [-0.15, -0.1) is 0 Å². The molecule has 0 saturated heterocycles. The molecule has 1 aromatic heterocycles. The Morgan fingerprint density at radius 3 is 2.53 bits per heavy atom. The predicted molar refractivity (Wildman–Crippen MR) is 50.9 cm³/mol. The first-order valence-electron chi connectivity index (χ1n) is 4.14. The van der Waals surface area contributed by atoms with Crippen LogP contribution >= 0.6 is 0 Å². The Bertz CT molecular complexity index is 461. The fraction of sp³-hybridized carbons (Fsp3) is 0.375. The van der Waals surface area contributed by atoms with E-state index < -0.39 is 22.0 Å². The van der Waals surface area contributed by atoms with Crippen molar-refractivity contribution in [1.29, 1.82) is 0 Å². The second-order valence-corrected chi connectivity index (χ2v) is 4.69. The van der Waals surface area contributed by atoms with Crippen molar-refractivity contribution in [3.8, 4) is 0 Å². The fourth-order valence-corrected chi connectivity index (χ4v) is 2.07. The summed E-state index contributed by atoms with van der Waals surface area (Å²) in [4.78, 5) is 10.5. The topological polar surface area (TPSA) is 96.6 Å². The van der Waals surface area contributed by atoms with Crippen LogP contribution in [-0.2, 0) is 14.8 Å². The maximum absolute atomic E-state index is 11.5. The molecule has 15 heavy (non-hydrogen) atoms. The number of carboxylic acids is 1. The summed E-state index contributed by atoms with van der Waals surface area (Å²) in [5.41, 5.74) is 0. The van der Waals surface area contributed by atoms with Gasteiger partial charge in [0.05, 0.1) is 0 Å². The summed E-state index contributed by atoms with van der Waals surface area (Å²) in [7, 11) is -3.88. The number of nitrogens with one attached hydrogen (secondary N) is 1. The van der Waals surface area contributed by atoms with Gasteiger partial charge in [-0.3, -0.25) is 4.79 Å². The third kappa shape index (κ3) is 2.80. The van der Waals surface area contributed by atoms with Crippen molar-refractivity contribution in [3.05, 3.63) is 17.9 Å². The van der Waals surface area contributed by atoms with Crippen molar-refractivity contribution in [2.24, 2.45) is 0 Å². The molecule has 0 radical (unpaired) electrons. The average molecular weight is 233 g/mol. The van der Waals surface area contributed by atoms with Crippen LogP contribution in [0.1, 0.15) is 12.7 Å². The minimum absolute atomic E-state index is 0.284. The van der Waals surface area contributed by atoms with Gasteiger partial charge >= 0.3 is 5.97 Å². The number of aryl methyl sites for hydroxylation is 1. The van der Waals surface area contributed by atoms with Gasteiger partial charge in [0, 0.05) is 0 Å². The lowest BCUT2D eigenvalue weighted by Crippen LogP contribution is -2.38. The SMILES string of the molecule is Cc1ccc(S(=O)(=O)N[C@H](C)C(=O)O)o1. The molecule has 0 saturated carbocycles. The smallest absolute Gasteiger partial charge is 0.321 e. The van der Waals surface area contributed by atoms with Crippen LogP contribution in [0.25, 0.3) is 0 Å². The molecule has 0 fully saturated rings. The van der Waals surface area contributed by atoms with Crippen molar-refractivity contribution in [2.45, 2.75) is 25.0 Å². The molecule has 0 amide bonds. The van der Waals surface area contributed by atoms with Gasteiger partial charge in [0.2, 0.25) is 5.09 Å². The van der Waals surface area contributed by atoms with E-state index in [1.165, 1.54) is 19.1 Å². The lowest BCUT2D eigenvalue weighted by Gasteiger charge is -2.07. The molecule has 0 aliphatic rings. The van der Waals surface area contributed by atoms with Crippen LogP contribution in [-0.4, -0.2) is 25.5 Å². The third-order valence-corrected chi connectivity index (χ3v) is 3.10. The Kier molecular flexibility index (Phi) is 3.15. The molecule has 1 aromatic rings. The van der Waals surface area contributed by atoms with Crippen LogP contribution in [0.15, 0.2) is 21.6 Å². The number of hydrogen-bond donors (Lipinski definition) is 2. The number of hydrogen-bond acceptors (Lipinski definition) is 4. The van der Waals surface area contributed by atoms with Crippen LogP contribution in [0.3, 0.4) is 0 Å². The van der Waals surface area contributed by atoms with Gasteiger partial charge in [-0.25, -0.2) is 8.42 Å². The molecule has 7 heteroatoms. The van der Waals surface area contributed by atoms with E-state index in [4.69, 9.17) is 9.52 Å². The zero-order chi connectivity index (χ0) is 11.6. The summed E-state index contributed by atoms with van der Waals surface area (Å²) in [5.74, 6) is -0.805. The van der Waals surface area contributed by atoms with E-state index in [2.05, 4.69) is 0 Å². The minimum Gasteiger partial charge on any atom is -0.480 e. The second kappa shape index (κ2) is 4.03. The average Bonchev–Trinajstić information content (AvgIpc) is 2.51. The monoisotopic (exact) mass is 233 g/mol. The molecule has 0 aromatic carbocycles. The van der Waals surface area contributed by atoms with Crippen molar-refractivity contribution in [1.82, 2.24) is 4.72 Å². The highest BCUT2D eigenvalue weighted by Crippen LogP contribution is 2.12. The van der Waals surface area contributed by atoms with Gasteiger partial charge in [-0.2, -0.15) is 4.72 Å². The number of carboxylic acid groups (broad SMARTS) is 1. The normalized spacial score (nSPS) is 13.7. The van der Waals surface area contributed by atoms with Crippen LogP contribution in [0.2, 0.25) is 0 Å². The van der Waals surface area contributed by atoms with Gasteiger partial charge in [-0.1, -0.05) is 0 Å². The summed E-state index contributed by atoms with van der Waals surface area (Å²) in [6.07, 6.45) is 0. The van der Waals surface area contributed by atoms with Gasteiger partial charge in [-0.05, 0) is 26.0 Å². The number of carbonyl (C=O) groups is 1. The van der Waals surface area contributed by atoms with Crippen LogP contribution < -0.4 is 4.72 Å². The van der Waals surface area contributed by atoms with Crippen LogP contribution in [0.5, 0.6) is 0 Å². The first-order chi connectivity index (χ1) is 6.83. The lowest BCUT2D eigenvalue weighted by atomic mass is 10.4. The maximum Gasteiger partial charge on any atom is 0.321 e. The van der Waals surface area contributed by atoms with E-state index in [9.17, 15) is 13.2 Å². The molecule has 84 valence electrons. The lowest BCUT2D eigenvalue weighted by molar-refractivity contribution is -0.138. The summed E-state index contributed by atoms with van der Waals surface area (Å²) in [6, 6.07) is 1.56. The van der Waals surface area contributed by atoms with Crippen molar-refractivity contribution in [2.75, 3.05) is 0 Å². The highest BCUT2D eigenvalue weighted by Gasteiger charge is 2.23. The first kappa shape index (κ1) is 11.7. The highest BCUT2D eigenvalue weighted by atomic mass is 32.2. The second-order valence-electron chi connectivity index (χ2n) is 3.05. The van der Waals surface area contributed by atoms with Gasteiger partial charge in [0.15, 0.2) is 0 Å². The van der Waals surface area contributed by atoms with Crippen molar-refractivity contribution < 1.29 is 22.7 Å².